The van der Waals surface area contributed by atoms with Crippen molar-refractivity contribution in [3.8, 4) is 11.5 Å². The summed E-state index contributed by atoms with van der Waals surface area (Å²) < 4.78 is 10.8. The molecule has 0 N–H and O–H groups in total. The van der Waals surface area contributed by atoms with E-state index in [4.69, 9.17) is 9.47 Å². The Morgan fingerprint density at radius 2 is 2.00 bits per heavy atom. The Kier molecular flexibility index (Phi) is 4.51. The van der Waals surface area contributed by atoms with Crippen molar-refractivity contribution in [1.29, 1.82) is 0 Å². The Morgan fingerprint density at radius 3 is 2.74 bits per heavy atom. The highest BCUT2D eigenvalue weighted by Gasteiger charge is 2.19. The Bertz CT molecular complexity index is 712. The van der Waals surface area contributed by atoms with Crippen LogP contribution in [-0.2, 0) is 13.0 Å². The fraction of sp³-hybridized carbons (Fsp3) is 0.316. The molecule has 3 rings (SSSR count). The van der Waals surface area contributed by atoms with Crippen LogP contribution in [0.5, 0.6) is 11.5 Å². The van der Waals surface area contributed by atoms with Gasteiger partial charge in [0.2, 0.25) is 0 Å². The predicted molar refractivity (Wildman–Crippen MR) is 90.7 cm³/mol. The molecular formula is C19H21NO3. The number of nitrogens with zero attached hydrogens (tertiary/aromatic N) is 1. The van der Waals surface area contributed by atoms with E-state index in [1.807, 2.05) is 36.4 Å². The molecule has 120 valence electrons. The van der Waals surface area contributed by atoms with Gasteiger partial charge in [0, 0.05) is 36.0 Å². The minimum Gasteiger partial charge on any atom is -0.497 e. The lowest BCUT2D eigenvalue weighted by molar-refractivity contribution is 0.112. The van der Waals surface area contributed by atoms with Gasteiger partial charge in [-0.2, -0.15) is 0 Å². The molecule has 1 aliphatic heterocycles. The third-order valence-corrected chi connectivity index (χ3v) is 4.31. The second kappa shape index (κ2) is 6.73. The van der Waals surface area contributed by atoms with Crippen LogP contribution in [0.25, 0.3) is 0 Å². The summed E-state index contributed by atoms with van der Waals surface area (Å²) in [7, 11) is 3.33. The lowest BCUT2D eigenvalue weighted by Crippen LogP contribution is -2.29. The number of hydrogen-bond acceptors (Lipinski definition) is 4. The van der Waals surface area contributed by atoms with Gasteiger partial charge in [0.1, 0.15) is 17.8 Å². The Labute approximate surface area is 136 Å². The number of aryl methyl sites for hydroxylation is 1. The number of carbonyl (C=O) groups excluding carboxylic acids is 1. The third kappa shape index (κ3) is 3.16. The molecule has 0 aliphatic carbocycles. The molecule has 0 radical (unpaired) electrons. The maximum atomic E-state index is 11.0. The quantitative estimate of drug-likeness (QED) is 0.793. The molecule has 2 aromatic rings. The monoisotopic (exact) mass is 311 g/mol. The zero-order chi connectivity index (χ0) is 16.2. The molecule has 23 heavy (non-hydrogen) atoms. The average molecular weight is 311 g/mol. The van der Waals surface area contributed by atoms with Gasteiger partial charge in [-0.05, 0) is 48.7 Å². The van der Waals surface area contributed by atoms with Gasteiger partial charge < -0.3 is 14.4 Å². The van der Waals surface area contributed by atoms with Crippen LogP contribution >= 0.6 is 0 Å². The molecule has 1 aliphatic rings. The van der Waals surface area contributed by atoms with Crippen LogP contribution < -0.4 is 14.4 Å². The van der Waals surface area contributed by atoms with Crippen LogP contribution in [0.15, 0.2) is 36.4 Å². The summed E-state index contributed by atoms with van der Waals surface area (Å²) >= 11 is 0. The summed E-state index contributed by atoms with van der Waals surface area (Å²) in [5.41, 5.74) is 4.32. The summed E-state index contributed by atoms with van der Waals surface area (Å²) in [5, 5.41) is 0. The molecule has 2 aromatic carbocycles. The molecule has 1 heterocycles. The number of rotatable bonds is 5. The first-order chi connectivity index (χ1) is 11.2. The maximum Gasteiger partial charge on any atom is 0.150 e. The van der Waals surface area contributed by atoms with Gasteiger partial charge >= 0.3 is 0 Å². The van der Waals surface area contributed by atoms with Crippen molar-refractivity contribution in [3.63, 3.8) is 0 Å². The summed E-state index contributed by atoms with van der Waals surface area (Å²) in [5.74, 6) is 1.63. The van der Waals surface area contributed by atoms with E-state index >= 15 is 0 Å². The van der Waals surface area contributed by atoms with Crippen molar-refractivity contribution >= 4 is 12.0 Å². The second-order valence-corrected chi connectivity index (χ2v) is 5.71. The first-order valence-electron chi connectivity index (χ1n) is 7.79. The highest BCUT2D eigenvalue weighted by atomic mass is 16.5. The zero-order valence-corrected chi connectivity index (χ0v) is 13.5. The summed E-state index contributed by atoms with van der Waals surface area (Å²) in [6, 6.07) is 11.9. The molecule has 0 saturated carbocycles. The van der Waals surface area contributed by atoms with Crippen LogP contribution in [0.4, 0.5) is 5.69 Å². The summed E-state index contributed by atoms with van der Waals surface area (Å²) in [6.07, 6.45) is 3.02. The normalized spacial score (nSPS) is 13.4. The fourth-order valence-corrected chi connectivity index (χ4v) is 3.12. The van der Waals surface area contributed by atoms with Gasteiger partial charge in [0.05, 0.1) is 14.2 Å². The van der Waals surface area contributed by atoms with Crippen molar-refractivity contribution in [2.75, 3.05) is 25.7 Å². The van der Waals surface area contributed by atoms with Crippen LogP contribution in [0.3, 0.4) is 0 Å². The molecule has 0 aromatic heterocycles. The van der Waals surface area contributed by atoms with Crippen molar-refractivity contribution in [2.45, 2.75) is 19.4 Å². The van der Waals surface area contributed by atoms with Crippen molar-refractivity contribution in [3.05, 3.63) is 53.1 Å². The fourth-order valence-electron chi connectivity index (χ4n) is 3.12. The first-order valence-corrected chi connectivity index (χ1v) is 7.79. The van der Waals surface area contributed by atoms with E-state index in [1.54, 1.807) is 14.2 Å². The maximum absolute atomic E-state index is 11.0. The van der Waals surface area contributed by atoms with E-state index < -0.39 is 0 Å². The van der Waals surface area contributed by atoms with Crippen LogP contribution in [0, 0.1) is 0 Å². The van der Waals surface area contributed by atoms with Crippen LogP contribution in [0.2, 0.25) is 0 Å². The van der Waals surface area contributed by atoms with E-state index in [2.05, 4.69) is 4.90 Å². The van der Waals surface area contributed by atoms with E-state index in [0.717, 1.165) is 54.8 Å². The highest BCUT2D eigenvalue weighted by Crippen LogP contribution is 2.32. The topological polar surface area (TPSA) is 38.8 Å². The molecule has 0 unspecified atom stereocenters. The number of aldehydes is 1. The third-order valence-electron chi connectivity index (χ3n) is 4.31. The molecule has 0 saturated heterocycles. The van der Waals surface area contributed by atoms with Gasteiger partial charge in [-0.15, -0.1) is 0 Å². The van der Waals surface area contributed by atoms with Gasteiger partial charge in [-0.3, -0.25) is 4.79 Å². The molecule has 0 spiro atoms. The SMILES string of the molecule is COc1ccc(CN2CCCc3cc(C=O)ccc32)c(OC)c1. The van der Waals surface area contributed by atoms with Gasteiger partial charge in [0.15, 0.2) is 0 Å². The predicted octanol–water partition coefficient (Wildman–Crippen LogP) is 3.47. The Morgan fingerprint density at radius 1 is 1.13 bits per heavy atom. The molecular weight excluding hydrogens is 290 g/mol. The van der Waals surface area contributed by atoms with E-state index in [1.165, 1.54) is 11.3 Å². The van der Waals surface area contributed by atoms with Crippen LogP contribution in [0.1, 0.15) is 27.9 Å². The summed E-state index contributed by atoms with van der Waals surface area (Å²) in [6.45, 7) is 1.78. The molecule has 0 atom stereocenters. The van der Waals surface area contributed by atoms with E-state index in [9.17, 15) is 4.79 Å². The Balaban J connectivity index is 1.89. The molecule has 4 heteroatoms. The first kappa shape index (κ1) is 15.4. The lowest BCUT2D eigenvalue weighted by Gasteiger charge is -2.32. The minimum absolute atomic E-state index is 0.743. The standard InChI is InChI=1S/C19H21NO3/c1-22-17-7-6-16(19(11-17)23-2)12-20-9-3-4-15-10-14(13-21)5-8-18(15)20/h5-8,10-11,13H,3-4,9,12H2,1-2H3. The molecule has 4 nitrogen and oxygen atoms in total. The van der Waals surface area contributed by atoms with Crippen LogP contribution in [-0.4, -0.2) is 27.1 Å². The van der Waals surface area contributed by atoms with Crippen molar-refractivity contribution in [1.82, 2.24) is 0 Å². The smallest absolute Gasteiger partial charge is 0.150 e. The van der Waals surface area contributed by atoms with Gasteiger partial charge in [-0.25, -0.2) is 0 Å². The van der Waals surface area contributed by atoms with Gasteiger partial charge in [0.25, 0.3) is 0 Å². The average Bonchev–Trinajstić information content (AvgIpc) is 2.61. The van der Waals surface area contributed by atoms with E-state index in [0.29, 0.717) is 0 Å². The molecule has 0 bridgehead atoms. The number of anilines is 1. The number of benzene rings is 2. The minimum atomic E-state index is 0.743. The number of ether oxygens (including phenoxy) is 2. The van der Waals surface area contributed by atoms with Gasteiger partial charge in [-0.1, -0.05) is 0 Å². The molecule has 0 amide bonds. The zero-order valence-electron chi connectivity index (χ0n) is 13.5. The van der Waals surface area contributed by atoms with E-state index in [-0.39, 0.29) is 0 Å². The highest BCUT2D eigenvalue weighted by molar-refractivity contribution is 5.77. The second-order valence-electron chi connectivity index (χ2n) is 5.71. The number of carbonyl (C=O) groups is 1. The lowest BCUT2D eigenvalue weighted by atomic mass is 9.99. The summed E-state index contributed by atoms with van der Waals surface area (Å²) in [4.78, 5) is 13.3. The number of hydrogen-bond donors (Lipinski definition) is 0. The number of methoxy groups -OCH3 is 2. The largest absolute Gasteiger partial charge is 0.497 e. The van der Waals surface area contributed by atoms with Crippen molar-refractivity contribution in [2.24, 2.45) is 0 Å². The number of fused-ring (bicyclic) bond motifs is 1. The molecule has 0 fully saturated rings. The van der Waals surface area contributed by atoms with Crippen molar-refractivity contribution < 1.29 is 14.3 Å². The Hall–Kier alpha value is -2.49.